The maximum absolute atomic E-state index is 5.20. The lowest BCUT2D eigenvalue weighted by molar-refractivity contribution is 0.155. The van der Waals surface area contributed by atoms with E-state index in [1.807, 2.05) is 6.07 Å². The predicted molar refractivity (Wildman–Crippen MR) is 62.3 cm³/mol. The van der Waals surface area contributed by atoms with E-state index in [2.05, 4.69) is 15.4 Å². The molecule has 1 N–H and O–H groups in total. The fraction of sp³-hybridized carbons (Fsp3) is 0.750. The molecule has 2 atom stereocenters. The largest absolute Gasteiger partial charge is 0.377 e. The summed E-state index contributed by atoms with van der Waals surface area (Å²) in [5, 5.41) is 7.53. The van der Waals surface area contributed by atoms with Crippen LogP contribution in [-0.2, 0) is 17.9 Å². The number of nitrogens with zero attached hydrogens (tertiary/aromatic N) is 2. The summed E-state index contributed by atoms with van der Waals surface area (Å²) in [5.74, 6) is 2.48. The van der Waals surface area contributed by atoms with Crippen LogP contribution in [0.3, 0.4) is 0 Å². The summed E-state index contributed by atoms with van der Waals surface area (Å²) in [6.45, 7) is 6.13. The lowest BCUT2D eigenvalue weighted by Gasteiger charge is -2.14. The van der Waals surface area contributed by atoms with Crippen LogP contribution in [0.1, 0.15) is 11.5 Å². The molecule has 2 fully saturated rings. The van der Waals surface area contributed by atoms with Crippen molar-refractivity contribution in [2.45, 2.75) is 13.2 Å². The number of hydrogen-bond acceptors (Lipinski definition) is 5. The van der Waals surface area contributed by atoms with Crippen LogP contribution >= 0.6 is 0 Å². The molecular weight excluding hydrogens is 218 g/mol. The van der Waals surface area contributed by atoms with Crippen molar-refractivity contribution in [2.24, 2.45) is 11.8 Å². The SMILES string of the molecule is COCc1cc(CN2CC3CNCC3C2)no1. The van der Waals surface area contributed by atoms with E-state index in [0.29, 0.717) is 6.61 Å². The average molecular weight is 237 g/mol. The highest BCUT2D eigenvalue weighted by Crippen LogP contribution is 2.27. The molecule has 94 valence electrons. The third kappa shape index (κ3) is 2.36. The number of likely N-dealkylation sites (tertiary alicyclic amines) is 1. The van der Waals surface area contributed by atoms with Crippen molar-refractivity contribution < 1.29 is 9.26 Å². The number of aromatic nitrogens is 1. The van der Waals surface area contributed by atoms with Crippen LogP contribution in [0, 0.1) is 11.8 Å². The van der Waals surface area contributed by atoms with Gasteiger partial charge in [0, 0.05) is 32.8 Å². The van der Waals surface area contributed by atoms with Crippen LogP contribution in [-0.4, -0.2) is 43.3 Å². The number of hydrogen-bond donors (Lipinski definition) is 1. The molecule has 17 heavy (non-hydrogen) atoms. The van der Waals surface area contributed by atoms with Crippen molar-refractivity contribution in [3.63, 3.8) is 0 Å². The summed E-state index contributed by atoms with van der Waals surface area (Å²) < 4.78 is 10.2. The zero-order valence-corrected chi connectivity index (χ0v) is 10.2. The molecule has 0 bridgehead atoms. The Morgan fingerprint density at radius 1 is 1.47 bits per heavy atom. The third-order valence-electron chi connectivity index (χ3n) is 3.75. The van der Waals surface area contributed by atoms with Crippen LogP contribution in [0.4, 0.5) is 0 Å². The molecule has 1 aromatic rings. The van der Waals surface area contributed by atoms with Gasteiger partial charge in [-0.2, -0.15) is 0 Å². The highest BCUT2D eigenvalue weighted by Gasteiger charge is 2.36. The van der Waals surface area contributed by atoms with Crippen LogP contribution in [0.25, 0.3) is 0 Å². The maximum Gasteiger partial charge on any atom is 0.162 e. The lowest BCUT2D eigenvalue weighted by Crippen LogP contribution is -2.25. The standard InChI is InChI=1S/C12H19N3O2/c1-16-8-12-2-11(14-17-12)7-15-5-9-3-13-4-10(9)6-15/h2,9-10,13H,3-8H2,1H3. The molecule has 0 saturated carbocycles. The molecular formula is C12H19N3O2. The summed E-state index contributed by atoms with van der Waals surface area (Å²) in [6, 6.07) is 2.00. The topological polar surface area (TPSA) is 50.5 Å². The van der Waals surface area contributed by atoms with E-state index >= 15 is 0 Å². The van der Waals surface area contributed by atoms with Crippen LogP contribution in [0.2, 0.25) is 0 Å². The van der Waals surface area contributed by atoms with Crippen molar-refractivity contribution in [1.82, 2.24) is 15.4 Å². The van der Waals surface area contributed by atoms with Gasteiger partial charge in [-0.25, -0.2) is 0 Å². The Labute approximate surface area is 101 Å². The smallest absolute Gasteiger partial charge is 0.162 e. The summed E-state index contributed by atoms with van der Waals surface area (Å²) in [5.41, 5.74) is 1.02. The Morgan fingerprint density at radius 3 is 2.94 bits per heavy atom. The minimum atomic E-state index is 0.502. The number of ether oxygens (including phenoxy) is 1. The van der Waals surface area contributed by atoms with E-state index in [-0.39, 0.29) is 0 Å². The Bertz CT molecular complexity index is 368. The van der Waals surface area contributed by atoms with Gasteiger partial charge in [-0.1, -0.05) is 5.16 Å². The van der Waals surface area contributed by atoms with Gasteiger partial charge >= 0.3 is 0 Å². The molecule has 2 saturated heterocycles. The predicted octanol–water partition coefficient (Wildman–Crippen LogP) is 0.472. The van der Waals surface area contributed by atoms with Gasteiger partial charge in [0.25, 0.3) is 0 Å². The summed E-state index contributed by atoms with van der Waals surface area (Å²) in [7, 11) is 1.66. The van der Waals surface area contributed by atoms with Gasteiger partial charge < -0.3 is 14.6 Å². The molecule has 0 aliphatic carbocycles. The first-order valence-corrected chi connectivity index (χ1v) is 6.21. The van der Waals surface area contributed by atoms with Crippen LogP contribution < -0.4 is 5.32 Å². The molecule has 3 heterocycles. The fourth-order valence-corrected chi connectivity index (χ4v) is 2.95. The van der Waals surface area contributed by atoms with Crippen molar-refractivity contribution >= 4 is 0 Å². The molecule has 3 rings (SSSR count). The average Bonchev–Trinajstić information content (AvgIpc) is 2.95. The molecule has 0 aromatic carbocycles. The van der Waals surface area contributed by atoms with Gasteiger partial charge in [0.05, 0.1) is 5.69 Å². The van der Waals surface area contributed by atoms with E-state index < -0.39 is 0 Å². The van der Waals surface area contributed by atoms with E-state index in [4.69, 9.17) is 9.26 Å². The van der Waals surface area contributed by atoms with Gasteiger partial charge in [-0.3, -0.25) is 4.90 Å². The fourth-order valence-electron chi connectivity index (χ4n) is 2.95. The summed E-state index contributed by atoms with van der Waals surface area (Å²) in [4.78, 5) is 2.48. The normalized spacial score (nSPS) is 28.8. The molecule has 5 heteroatoms. The van der Waals surface area contributed by atoms with Crippen LogP contribution in [0.5, 0.6) is 0 Å². The second kappa shape index (κ2) is 4.76. The van der Waals surface area contributed by atoms with E-state index in [1.165, 1.54) is 26.2 Å². The van der Waals surface area contributed by atoms with Crippen molar-refractivity contribution in [3.05, 3.63) is 17.5 Å². The number of methoxy groups -OCH3 is 1. The minimum absolute atomic E-state index is 0.502. The Balaban J connectivity index is 1.56. The first-order valence-electron chi connectivity index (χ1n) is 6.21. The maximum atomic E-state index is 5.20. The number of rotatable bonds is 4. The van der Waals surface area contributed by atoms with Gasteiger partial charge in [0.15, 0.2) is 5.76 Å². The van der Waals surface area contributed by atoms with Gasteiger partial charge in [0.2, 0.25) is 0 Å². The highest BCUT2D eigenvalue weighted by atomic mass is 16.5. The molecule has 2 aliphatic rings. The highest BCUT2D eigenvalue weighted by molar-refractivity contribution is 5.05. The minimum Gasteiger partial charge on any atom is -0.377 e. The van der Waals surface area contributed by atoms with Gasteiger partial charge in [0.1, 0.15) is 6.61 Å². The Hall–Kier alpha value is -0.910. The van der Waals surface area contributed by atoms with Gasteiger partial charge in [-0.05, 0) is 24.9 Å². The molecule has 5 nitrogen and oxygen atoms in total. The Kier molecular flexibility index (Phi) is 3.13. The van der Waals surface area contributed by atoms with Gasteiger partial charge in [-0.15, -0.1) is 0 Å². The molecule has 0 radical (unpaired) electrons. The van der Waals surface area contributed by atoms with E-state index in [9.17, 15) is 0 Å². The zero-order valence-electron chi connectivity index (χ0n) is 10.2. The number of nitrogens with one attached hydrogen (secondary N) is 1. The number of fused-ring (bicyclic) bond motifs is 1. The second-order valence-electron chi connectivity index (χ2n) is 5.09. The molecule has 1 aromatic heterocycles. The van der Waals surface area contributed by atoms with Crippen molar-refractivity contribution in [3.8, 4) is 0 Å². The molecule has 0 spiro atoms. The van der Waals surface area contributed by atoms with Crippen LogP contribution in [0.15, 0.2) is 10.6 Å². The first-order chi connectivity index (χ1) is 8.35. The molecule has 0 amide bonds. The summed E-state index contributed by atoms with van der Waals surface area (Å²) >= 11 is 0. The lowest BCUT2D eigenvalue weighted by atomic mass is 10.0. The quantitative estimate of drug-likeness (QED) is 0.825. The second-order valence-corrected chi connectivity index (χ2v) is 5.09. The van der Waals surface area contributed by atoms with Crippen molar-refractivity contribution in [2.75, 3.05) is 33.3 Å². The Morgan fingerprint density at radius 2 is 2.24 bits per heavy atom. The first kappa shape index (κ1) is 11.2. The van der Waals surface area contributed by atoms with Crippen molar-refractivity contribution in [1.29, 1.82) is 0 Å². The zero-order chi connectivity index (χ0) is 11.7. The monoisotopic (exact) mass is 237 g/mol. The molecule has 2 aliphatic heterocycles. The van der Waals surface area contributed by atoms with E-state index in [0.717, 1.165) is 29.8 Å². The molecule has 2 unspecified atom stereocenters. The summed E-state index contributed by atoms with van der Waals surface area (Å²) in [6.07, 6.45) is 0. The van der Waals surface area contributed by atoms with E-state index in [1.54, 1.807) is 7.11 Å². The third-order valence-corrected chi connectivity index (χ3v) is 3.75.